The van der Waals surface area contributed by atoms with E-state index in [1.54, 1.807) is 0 Å². The Morgan fingerprint density at radius 2 is 2.36 bits per heavy atom. The molecule has 0 saturated carbocycles. The number of aryl methyl sites for hydroxylation is 1. The molecule has 0 radical (unpaired) electrons. The van der Waals surface area contributed by atoms with Crippen molar-refractivity contribution in [3.05, 3.63) is 18.0 Å². The molecule has 1 heterocycles. The summed E-state index contributed by atoms with van der Waals surface area (Å²) in [6.45, 7) is 4.87. The van der Waals surface area contributed by atoms with Crippen molar-refractivity contribution in [2.24, 2.45) is 7.05 Å². The number of terminal acetylenes is 1. The molecule has 0 fully saturated rings. The lowest BCUT2D eigenvalue weighted by molar-refractivity contribution is 0.495. The van der Waals surface area contributed by atoms with Gasteiger partial charge in [-0.15, -0.1) is 6.42 Å². The van der Waals surface area contributed by atoms with Gasteiger partial charge in [0.05, 0.1) is 11.7 Å². The molecule has 0 amide bonds. The minimum absolute atomic E-state index is 0.220. The fraction of sp³-hybridized carbons (Fsp3) is 0.545. The molecule has 0 unspecified atom stereocenters. The van der Waals surface area contributed by atoms with Gasteiger partial charge in [-0.1, -0.05) is 5.92 Å². The number of hydrogen-bond acceptors (Lipinski definition) is 2. The van der Waals surface area contributed by atoms with Gasteiger partial charge < -0.3 is 5.32 Å². The number of nitrogens with one attached hydrogen (secondary N) is 1. The van der Waals surface area contributed by atoms with E-state index in [9.17, 15) is 0 Å². The standard InChI is InChI=1S/C11H17N3/c1-5-11(2,3)12-7-6-10-8-13-14(4)9-10/h1,8-9,12H,6-7H2,2-4H3. The van der Waals surface area contributed by atoms with E-state index in [-0.39, 0.29) is 5.54 Å². The highest BCUT2D eigenvalue weighted by molar-refractivity contribution is 5.09. The summed E-state index contributed by atoms with van der Waals surface area (Å²) in [6.07, 6.45) is 10.2. The van der Waals surface area contributed by atoms with Crippen LogP contribution in [0, 0.1) is 12.3 Å². The van der Waals surface area contributed by atoms with Gasteiger partial charge in [-0.2, -0.15) is 5.10 Å². The first-order valence-electron chi connectivity index (χ1n) is 4.74. The van der Waals surface area contributed by atoms with Crippen molar-refractivity contribution < 1.29 is 0 Å². The van der Waals surface area contributed by atoms with E-state index in [0.717, 1.165) is 13.0 Å². The predicted octanol–water partition coefficient (Wildman–Crippen LogP) is 0.964. The van der Waals surface area contributed by atoms with Crippen molar-refractivity contribution in [2.75, 3.05) is 6.54 Å². The first-order chi connectivity index (χ1) is 6.53. The average molecular weight is 191 g/mol. The fourth-order valence-electron chi connectivity index (χ4n) is 1.17. The molecule has 0 atom stereocenters. The van der Waals surface area contributed by atoms with Crippen LogP contribution in [0.15, 0.2) is 12.4 Å². The Kier molecular flexibility index (Phi) is 3.32. The molecule has 0 aliphatic heterocycles. The molecule has 0 saturated heterocycles. The number of nitrogens with zero attached hydrogens (tertiary/aromatic N) is 2. The summed E-state index contributed by atoms with van der Waals surface area (Å²) < 4.78 is 1.81. The van der Waals surface area contributed by atoms with E-state index < -0.39 is 0 Å². The van der Waals surface area contributed by atoms with Gasteiger partial charge in [-0.3, -0.25) is 4.68 Å². The van der Waals surface area contributed by atoms with Gasteiger partial charge in [0.25, 0.3) is 0 Å². The van der Waals surface area contributed by atoms with Crippen molar-refractivity contribution in [1.82, 2.24) is 15.1 Å². The molecule has 0 aliphatic carbocycles. The third-order valence-corrected chi connectivity index (χ3v) is 2.10. The summed E-state index contributed by atoms with van der Waals surface area (Å²) in [4.78, 5) is 0. The van der Waals surface area contributed by atoms with Crippen LogP contribution in [-0.2, 0) is 13.5 Å². The maximum absolute atomic E-state index is 5.36. The normalized spacial score (nSPS) is 11.3. The minimum Gasteiger partial charge on any atom is -0.301 e. The Hall–Kier alpha value is -1.27. The highest BCUT2D eigenvalue weighted by atomic mass is 15.2. The Morgan fingerprint density at radius 3 is 2.86 bits per heavy atom. The Labute approximate surface area is 85.5 Å². The van der Waals surface area contributed by atoms with Gasteiger partial charge in [-0.25, -0.2) is 0 Å². The van der Waals surface area contributed by atoms with Crippen LogP contribution in [0.25, 0.3) is 0 Å². The van der Waals surface area contributed by atoms with Gasteiger partial charge in [0.15, 0.2) is 0 Å². The van der Waals surface area contributed by atoms with Gasteiger partial charge in [0.2, 0.25) is 0 Å². The molecule has 1 aromatic rings. The summed E-state index contributed by atoms with van der Waals surface area (Å²) in [7, 11) is 1.92. The predicted molar refractivity (Wildman–Crippen MR) is 57.8 cm³/mol. The highest BCUT2D eigenvalue weighted by Crippen LogP contribution is 2.01. The third-order valence-electron chi connectivity index (χ3n) is 2.10. The Balaban J connectivity index is 2.33. The van der Waals surface area contributed by atoms with E-state index in [1.807, 2.05) is 38.0 Å². The molecular formula is C11H17N3. The summed E-state index contributed by atoms with van der Waals surface area (Å²) in [5, 5.41) is 7.39. The van der Waals surface area contributed by atoms with Crippen LogP contribution in [0.4, 0.5) is 0 Å². The van der Waals surface area contributed by atoms with Gasteiger partial charge in [0.1, 0.15) is 0 Å². The topological polar surface area (TPSA) is 29.9 Å². The van der Waals surface area contributed by atoms with Crippen molar-refractivity contribution in [2.45, 2.75) is 25.8 Å². The zero-order chi connectivity index (χ0) is 10.6. The zero-order valence-electron chi connectivity index (χ0n) is 9.04. The molecule has 3 heteroatoms. The molecule has 3 nitrogen and oxygen atoms in total. The summed E-state index contributed by atoms with van der Waals surface area (Å²) in [5.74, 6) is 2.70. The smallest absolute Gasteiger partial charge is 0.0741 e. The van der Waals surface area contributed by atoms with Crippen LogP contribution in [0.1, 0.15) is 19.4 Å². The third kappa shape index (κ3) is 3.23. The number of rotatable bonds is 4. The molecule has 76 valence electrons. The first-order valence-corrected chi connectivity index (χ1v) is 4.74. The monoisotopic (exact) mass is 191 g/mol. The Morgan fingerprint density at radius 1 is 1.64 bits per heavy atom. The van der Waals surface area contributed by atoms with Gasteiger partial charge >= 0.3 is 0 Å². The summed E-state index contributed by atoms with van der Waals surface area (Å²) in [5.41, 5.74) is 1.01. The van der Waals surface area contributed by atoms with Crippen LogP contribution >= 0.6 is 0 Å². The lowest BCUT2D eigenvalue weighted by Gasteiger charge is -2.18. The van der Waals surface area contributed by atoms with Crippen molar-refractivity contribution in [3.63, 3.8) is 0 Å². The fourth-order valence-corrected chi connectivity index (χ4v) is 1.17. The summed E-state index contributed by atoms with van der Waals surface area (Å²) >= 11 is 0. The molecule has 1 N–H and O–H groups in total. The van der Waals surface area contributed by atoms with E-state index in [0.29, 0.717) is 0 Å². The van der Waals surface area contributed by atoms with Gasteiger partial charge in [-0.05, 0) is 25.8 Å². The van der Waals surface area contributed by atoms with Crippen LogP contribution < -0.4 is 5.32 Å². The van der Waals surface area contributed by atoms with E-state index in [2.05, 4.69) is 16.3 Å². The van der Waals surface area contributed by atoms with E-state index in [1.165, 1.54) is 5.56 Å². The maximum atomic E-state index is 5.36. The van der Waals surface area contributed by atoms with Crippen molar-refractivity contribution >= 4 is 0 Å². The number of hydrogen-bond donors (Lipinski definition) is 1. The molecule has 14 heavy (non-hydrogen) atoms. The van der Waals surface area contributed by atoms with E-state index in [4.69, 9.17) is 6.42 Å². The lowest BCUT2D eigenvalue weighted by atomic mass is 10.1. The quantitative estimate of drug-likeness (QED) is 0.719. The second-order valence-corrected chi connectivity index (χ2v) is 3.97. The number of aromatic nitrogens is 2. The Bertz CT molecular complexity index is 331. The van der Waals surface area contributed by atoms with Gasteiger partial charge in [0, 0.05) is 19.8 Å². The van der Waals surface area contributed by atoms with Crippen molar-refractivity contribution in [3.8, 4) is 12.3 Å². The minimum atomic E-state index is -0.220. The first kappa shape index (κ1) is 10.8. The molecule has 1 aromatic heterocycles. The van der Waals surface area contributed by atoms with Crippen molar-refractivity contribution in [1.29, 1.82) is 0 Å². The van der Waals surface area contributed by atoms with Crippen LogP contribution in [0.3, 0.4) is 0 Å². The van der Waals surface area contributed by atoms with Crippen LogP contribution in [0.2, 0.25) is 0 Å². The molecule has 0 aromatic carbocycles. The maximum Gasteiger partial charge on any atom is 0.0741 e. The SMILES string of the molecule is C#CC(C)(C)NCCc1cnn(C)c1. The van der Waals surface area contributed by atoms with E-state index >= 15 is 0 Å². The molecule has 0 bridgehead atoms. The van der Waals surface area contributed by atoms with Crippen LogP contribution in [0.5, 0.6) is 0 Å². The second kappa shape index (κ2) is 4.30. The average Bonchev–Trinajstić information content (AvgIpc) is 2.51. The van der Waals surface area contributed by atoms with Crippen LogP contribution in [-0.4, -0.2) is 21.9 Å². The second-order valence-electron chi connectivity index (χ2n) is 3.97. The zero-order valence-corrected chi connectivity index (χ0v) is 9.04. The largest absolute Gasteiger partial charge is 0.301 e. The molecular weight excluding hydrogens is 174 g/mol. The lowest BCUT2D eigenvalue weighted by Crippen LogP contribution is -2.38. The summed E-state index contributed by atoms with van der Waals surface area (Å²) in [6, 6.07) is 0. The molecule has 0 spiro atoms. The molecule has 0 aliphatic rings. The highest BCUT2D eigenvalue weighted by Gasteiger charge is 2.11. The molecule has 1 rings (SSSR count).